The lowest BCUT2D eigenvalue weighted by molar-refractivity contribution is 0.0629. The van der Waals surface area contributed by atoms with Crippen LogP contribution in [0.5, 0.6) is 17.2 Å². The van der Waals surface area contributed by atoms with Crippen molar-refractivity contribution in [2.75, 3.05) is 26.3 Å². The summed E-state index contributed by atoms with van der Waals surface area (Å²) < 4.78 is 12.2. The maximum absolute atomic E-state index is 13.1. The highest BCUT2D eigenvalue weighted by molar-refractivity contribution is 9.10. The van der Waals surface area contributed by atoms with Crippen LogP contribution in [-0.2, 0) is 0 Å². The number of carbonyl (C=O) groups is 2. The summed E-state index contributed by atoms with van der Waals surface area (Å²) in [6.07, 6.45) is 2.39. The minimum Gasteiger partial charge on any atom is -0.507 e. The average molecular weight is 462 g/mol. The first-order valence-corrected chi connectivity index (χ1v) is 10.4. The summed E-state index contributed by atoms with van der Waals surface area (Å²) in [5.74, 6) is 0.890. The Bertz CT molecular complexity index is 886. The monoisotopic (exact) mass is 461 g/mol. The van der Waals surface area contributed by atoms with Crippen LogP contribution in [0.3, 0.4) is 0 Å². The number of aldehydes is 1. The summed E-state index contributed by atoms with van der Waals surface area (Å²) >= 11 is 3.46. The van der Waals surface area contributed by atoms with Gasteiger partial charge in [0.1, 0.15) is 17.2 Å². The number of rotatable bonds is 7. The molecule has 1 fully saturated rings. The Hall–Kier alpha value is -2.54. The number of likely N-dealkylation sites (tertiary alicyclic amines) is 1. The van der Waals surface area contributed by atoms with Crippen molar-refractivity contribution in [3.63, 3.8) is 0 Å². The first kappa shape index (κ1) is 21.2. The van der Waals surface area contributed by atoms with Gasteiger partial charge < -0.3 is 19.5 Å². The molecule has 0 radical (unpaired) electrons. The summed E-state index contributed by atoms with van der Waals surface area (Å²) in [4.78, 5) is 26.1. The molecule has 0 saturated carbocycles. The third-order valence-corrected chi connectivity index (χ3v) is 5.55. The predicted octanol–water partition coefficient (Wildman–Crippen LogP) is 4.30. The molecule has 3 rings (SSSR count). The molecule has 1 heterocycles. The van der Waals surface area contributed by atoms with Crippen LogP contribution in [0.2, 0.25) is 0 Å². The zero-order valence-electron chi connectivity index (χ0n) is 16.3. The molecule has 1 unspecified atom stereocenters. The number of piperidine rings is 1. The molecule has 1 atom stereocenters. The van der Waals surface area contributed by atoms with Gasteiger partial charge in [0.25, 0.3) is 5.91 Å². The number of para-hydroxylation sites is 1. The second-order valence-corrected chi connectivity index (χ2v) is 7.78. The van der Waals surface area contributed by atoms with Crippen molar-refractivity contribution in [2.45, 2.75) is 19.8 Å². The summed E-state index contributed by atoms with van der Waals surface area (Å²) in [7, 11) is 0. The SMILES string of the molecule is CCOc1c(Br)cccc1C(=O)N1CCCC(COc2cccc(O)c2C=O)C1. The van der Waals surface area contributed by atoms with Gasteiger partial charge >= 0.3 is 0 Å². The van der Waals surface area contributed by atoms with Gasteiger partial charge in [0.15, 0.2) is 6.29 Å². The van der Waals surface area contributed by atoms with E-state index in [1.807, 2.05) is 24.0 Å². The summed E-state index contributed by atoms with van der Waals surface area (Å²) in [6, 6.07) is 10.2. The molecule has 1 saturated heterocycles. The molecule has 154 valence electrons. The topological polar surface area (TPSA) is 76.1 Å². The maximum Gasteiger partial charge on any atom is 0.257 e. The van der Waals surface area contributed by atoms with Crippen LogP contribution in [0.1, 0.15) is 40.5 Å². The van der Waals surface area contributed by atoms with E-state index in [-0.39, 0.29) is 23.1 Å². The molecule has 0 spiro atoms. The fourth-order valence-electron chi connectivity index (χ4n) is 3.51. The van der Waals surface area contributed by atoms with E-state index in [1.54, 1.807) is 18.2 Å². The Morgan fingerprint density at radius 2 is 2.07 bits per heavy atom. The quantitative estimate of drug-likeness (QED) is 0.622. The molecule has 1 aliphatic heterocycles. The van der Waals surface area contributed by atoms with E-state index < -0.39 is 0 Å². The Labute approximate surface area is 178 Å². The smallest absolute Gasteiger partial charge is 0.257 e. The van der Waals surface area contributed by atoms with Gasteiger partial charge in [-0.25, -0.2) is 0 Å². The standard InChI is InChI=1S/C22H24BrNO5/c1-2-28-21-16(7-3-8-18(21)23)22(27)24-11-5-6-15(12-24)14-29-20-10-4-9-19(26)17(20)13-25/h3-4,7-10,13,15,26H,2,5-6,11-12,14H2,1H3. The van der Waals surface area contributed by atoms with Crippen molar-refractivity contribution in [1.29, 1.82) is 0 Å². The lowest BCUT2D eigenvalue weighted by Crippen LogP contribution is -2.41. The molecule has 1 aliphatic rings. The number of phenolic OH excluding ortho intramolecular Hbond substituents is 1. The van der Waals surface area contributed by atoms with E-state index >= 15 is 0 Å². The predicted molar refractivity (Wildman–Crippen MR) is 113 cm³/mol. The van der Waals surface area contributed by atoms with Gasteiger partial charge in [-0.1, -0.05) is 12.1 Å². The van der Waals surface area contributed by atoms with Gasteiger partial charge in [-0.2, -0.15) is 0 Å². The number of hydrogen-bond donors (Lipinski definition) is 1. The molecule has 0 aliphatic carbocycles. The number of hydrogen-bond acceptors (Lipinski definition) is 5. The third-order valence-electron chi connectivity index (χ3n) is 4.93. The van der Waals surface area contributed by atoms with E-state index in [2.05, 4.69) is 15.9 Å². The van der Waals surface area contributed by atoms with Gasteiger partial charge in [-0.15, -0.1) is 0 Å². The number of nitrogens with zero attached hydrogens (tertiary/aromatic N) is 1. The van der Waals surface area contributed by atoms with Gasteiger partial charge in [-0.05, 0) is 60.0 Å². The fourth-order valence-corrected chi connectivity index (χ4v) is 3.99. The van der Waals surface area contributed by atoms with Crippen LogP contribution in [-0.4, -0.2) is 48.5 Å². The molecular formula is C22H24BrNO5. The lowest BCUT2D eigenvalue weighted by atomic mass is 9.98. The molecular weight excluding hydrogens is 438 g/mol. The highest BCUT2D eigenvalue weighted by atomic mass is 79.9. The second-order valence-electron chi connectivity index (χ2n) is 6.93. The largest absolute Gasteiger partial charge is 0.507 e. The number of aromatic hydroxyl groups is 1. The van der Waals surface area contributed by atoms with Gasteiger partial charge in [0.2, 0.25) is 0 Å². The number of ether oxygens (including phenoxy) is 2. The summed E-state index contributed by atoms with van der Waals surface area (Å²) in [5, 5.41) is 9.78. The van der Waals surface area contributed by atoms with Crippen LogP contribution in [0.15, 0.2) is 40.9 Å². The van der Waals surface area contributed by atoms with Gasteiger partial charge in [0.05, 0.1) is 28.8 Å². The Balaban J connectivity index is 1.68. The second kappa shape index (κ2) is 9.78. The molecule has 7 heteroatoms. The van der Waals surface area contributed by atoms with Crippen LogP contribution in [0.4, 0.5) is 0 Å². The summed E-state index contributed by atoms with van der Waals surface area (Å²) in [5.41, 5.74) is 0.686. The van der Waals surface area contributed by atoms with E-state index in [0.29, 0.717) is 49.7 Å². The number of carbonyl (C=O) groups excluding carboxylic acids is 2. The molecule has 1 amide bonds. The van der Waals surface area contributed by atoms with Gasteiger partial charge in [0, 0.05) is 19.0 Å². The Kier molecular flexibility index (Phi) is 7.14. The van der Waals surface area contributed by atoms with E-state index in [1.165, 1.54) is 6.07 Å². The number of benzene rings is 2. The molecule has 6 nitrogen and oxygen atoms in total. The highest BCUT2D eigenvalue weighted by Gasteiger charge is 2.27. The lowest BCUT2D eigenvalue weighted by Gasteiger charge is -2.33. The van der Waals surface area contributed by atoms with Crippen molar-refractivity contribution >= 4 is 28.1 Å². The van der Waals surface area contributed by atoms with Crippen molar-refractivity contribution < 1.29 is 24.2 Å². The number of phenols is 1. The first-order valence-electron chi connectivity index (χ1n) is 9.65. The van der Waals surface area contributed by atoms with Crippen molar-refractivity contribution in [2.24, 2.45) is 5.92 Å². The Morgan fingerprint density at radius 3 is 2.83 bits per heavy atom. The van der Waals surface area contributed by atoms with Crippen LogP contribution in [0.25, 0.3) is 0 Å². The summed E-state index contributed by atoms with van der Waals surface area (Å²) in [6.45, 7) is 3.97. The van der Waals surface area contributed by atoms with E-state index in [4.69, 9.17) is 9.47 Å². The minimum atomic E-state index is -0.101. The van der Waals surface area contributed by atoms with Crippen LogP contribution in [0, 0.1) is 5.92 Å². The first-order chi connectivity index (χ1) is 14.0. The normalized spacial score (nSPS) is 16.3. The molecule has 2 aromatic rings. The zero-order chi connectivity index (χ0) is 20.8. The number of amides is 1. The fraction of sp³-hybridized carbons (Fsp3) is 0.364. The number of halogens is 1. The maximum atomic E-state index is 13.1. The van der Waals surface area contributed by atoms with Crippen LogP contribution >= 0.6 is 15.9 Å². The van der Waals surface area contributed by atoms with Crippen molar-refractivity contribution in [3.05, 3.63) is 52.0 Å². The molecule has 1 N–H and O–H groups in total. The van der Waals surface area contributed by atoms with E-state index in [0.717, 1.165) is 17.3 Å². The third kappa shape index (κ3) is 4.90. The molecule has 0 aromatic heterocycles. The molecule has 0 bridgehead atoms. The zero-order valence-corrected chi connectivity index (χ0v) is 17.9. The van der Waals surface area contributed by atoms with E-state index in [9.17, 15) is 14.7 Å². The highest BCUT2D eigenvalue weighted by Crippen LogP contribution is 2.31. The van der Waals surface area contributed by atoms with Crippen LogP contribution < -0.4 is 9.47 Å². The molecule has 2 aromatic carbocycles. The van der Waals surface area contributed by atoms with Crippen molar-refractivity contribution in [1.82, 2.24) is 4.90 Å². The molecule has 29 heavy (non-hydrogen) atoms. The average Bonchev–Trinajstić information content (AvgIpc) is 2.73. The van der Waals surface area contributed by atoms with Crippen molar-refractivity contribution in [3.8, 4) is 17.2 Å². The van der Waals surface area contributed by atoms with Gasteiger partial charge in [-0.3, -0.25) is 9.59 Å². The minimum absolute atomic E-state index is 0.0645. The Morgan fingerprint density at radius 1 is 1.28 bits per heavy atom.